The number of hydrogen-bond acceptors (Lipinski definition) is 6. The van der Waals surface area contributed by atoms with Crippen molar-refractivity contribution in [2.45, 2.75) is 23.9 Å². The molecule has 1 saturated heterocycles. The first-order valence-corrected chi connectivity index (χ1v) is 9.59. The van der Waals surface area contributed by atoms with Crippen molar-refractivity contribution >= 4 is 35.8 Å². The Kier molecular flexibility index (Phi) is 4.00. The van der Waals surface area contributed by atoms with E-state index < -0.39 is 19.9 Å². The maximum Gasteiger partial charge on any atom is 0.260 e. The van der Waals surface area contributed by atoms with Gasteiger partial charge in [-0.15, -0.1) is 5.10 Å². The van der Waals surface area contributed by atoms with E-state index in [-0.39, 0.29) is 40.0 Å². The van der Waals surface area contributed by atoms with Crippen LogP contribution >= 0.6 is 15.9 Å². The highest BCUT2D eigenvalue weighted by Crippen LogP contribution is 2.20. The molecule has 1 N–H and O–H groups in total. The van der Waals surface area contributed by atoms with Gasteiger partial charge in [-0.3, -0.25) is 0 Å². The van der Waals surface area contributed by atoms with Crippen molar-refractivity contribution in [3.05, 3.63) is 4.60 Å². The van der Waals surface area contributed by atoms with Gasteiger partial charge < -0.3 is 0 Å². The SMILES string of the molecule is Cn1nnc(Br)c1S(=O)(=O)NC1CCS(=O)(=O)CC1. The Morgan fingerprint density at radius 1 is 1.37 bits per heavy atom. The number of aromatic nitrogens is 3. The number of sulfonamides is 1. The minimum absolute atomic E-state index is 0.00495. The highest BCUT2D eigenvalue weighted by Gasteiger charge is 2.30. The van der Waals surface area contributed by atoms with Crippen molar-refractivity contribution in [3.63, 3.8) is 0 Å². The molecule has 0 saturated carbocycles. The van der Waals surface area contributed by atoms with Crippen LogP contribution in [-0.4, -0.2) is 49.4 Å². The van der Waals surface area contributed by atoms with Crippen LogP contribution in [-0.2, 0) is 26.9 Å². The topological polar surface area (TPSA) is 111 Å². The molecule has 1 aliphatic rings. The first kappa shape index (κ1) is 14.9. The van der Waals surface area contributed by atoms with Gasteiger partial charge in [-0.05, 0) is 28.8 Å². The smallest absolute Gasteiger partial charge is 0.235 e. The Hall–Kier alpha value is -0.520. The summed E-state index contributed by atoms with van der Waals surface area (Å²) in [6.07, 6.45) is 0.564. The van der Waals surface area contributed by atoms with E-state index in [2.05, 4.69) is 31.0 Å². The van der Waals surface area contributed by atoms with Gasteiger partial charge in [0.25, 0.3) is 10.0 Å². The fourth-order valence-electron chi connectivity index (χ4n) is 1.89. The molecule has 2 rings (SSSR count). The van der Waals surface area contributed by atoms with Gasteiger partial charge in [-0.25, -0.2) is 26.2 Å². The van der Waals surface area contributed by atoms with Crippen LogP contribution in [0.2, 0.25) is 0 Å². The van der Waals surface area contributed by atoms with E-state index in [1.165, 1.54) is 7.05 Å². The standard InChI is InChI=1S/C8H13BrN4O4S2/c1-13-8(7(9)10-12-13)19(16,17)11-6-2-4-18(14,15)5-3-6/h6,11H,2-5H2,1H3. The van der Waals surface area contributed by atoms with E-state index in [0.717, 1.165) is 4.68 Å². The molecule has 0 bridgehead atoms. The van der Waals surface area contributed by atoms with Crippen molar-refractivity contribution in [1.29, 1.82) is 0 Å². The van der Waals surface area contributed by atoms with Crippen molar-refractivity contribution in [1.82, 2.24) is 19.7 Å². The first-order chi connectivity index (χ1) is 8.71. The van der Waals surface area contributed by atoms with E-state index >= 15 is 0 Å². The van der Waals surface area contributed by atoms with Gasteiger partial charge >= 0.3 is 0 Å². The maximum atomic E-state index is 12.2. The molecule has 2 heterocycles. The Morgan fingerprint density at radius 3 is 2.42 bits per heavy atom. The third-order valence-electron chi connectivity index (χ3n) is 2.87. The Labute approximate surface area is 119 Å². The molecule has 1 aromatic heterocycles. The number of sulfone groups is 1. The van der Waals surface area contributed by atoms with Crippen molar-refractivity contribution < 1.29 is 16.8 Å². The lowest BCUT2D eigenvalue weighted by Gasteiger charge is -2.22. The van der Waals surface area contributed by atoms with Crippen LogP contribution in [0, 0.1) is 0 Å². The van der Waals surface area contributed by atoms with Gasteiger partial charge in [-0.2, -0.15) is 0 Å². The van der Waals surface area contributed by atoms with Crippen LogP contribution in [0.4, 0.5) is 0 Å². The third kappa shape index (κ3) is 3.33. The van der Waals surface area contributed by atoms with Gasteiger partial charge in [-0.1, -0.05) is 5.21 Å². The fourth-order valence-corrected chi connectivity index (χ4v) is 5.78. The average Bonchev–Trinajstić information content (AvgIpc) is 2.62. The molecule has 0 amide bonds. The van der Waals surface area contributed by atoms with Crippen molar-refractivity contribution in [2.24, 2.45) is 7.05 Å². The summed E-state index contributed by atoms with van der Waals surface area (Å²) in [6, 6.07) is -0.379. The average molecular weight is 373 g/mol. The van der Waals surface area contributed by atoms with Gasteiger partial charge in [0.1, 0.15) is 9.84 Å². The zero-order valence-electron chi connectivity index (χ0n) is 10.1. The van der Waals surface area contributed by atoms with Gasteiger partial charge in [0.2, 0.25) is 5.03 Å². The van der Waals surface area contributed by atoms with Gasteiger partial charge in [0.05, 0.1) is 11.5 Å². The molecule has 1 aliphatic heterocycles. The maximum absolute atomic E-state index is 12.2. The molecule has 108 valence electrons. The van der Waals surface area contributed by atoms with E-state index in [9.17, 15) is 16.8 Å². The second-order valence-electron chi connectivity index (χ2n) is 4.36. The second-order valence-corrected chi connectivity index (χ2v) is 9.04. The fraction of sp³-hybridized carbons (Fsp3) is 0.750. The summed E-state index contributed by atoms with van der Waals surface area (Å²) in [4.78, 5) is 0. The summed E-state index contributed by atoms with van der Waals surface area (Å²) >= 11 is 3.03. The molecule has 1 fully saturated rings. The van der Waals surface area contributed by atoms with Crippen LogP contribution in [0.3, 0.4) is 0 Å². The molecule has 1 aromatic rings. The summed E-state index contributed by atoms with van der Waals surface area (Å²) in [7, 11) is -5.31. The number of rotatable bonds is 3. The Bertz CT molecular complexity index is 648. The molecule has 0 atom stereocenters. The molecule has 0 aromatic carbocycles. The Balaban J connectivity index is 2.15. The monoisotopic (exact) mass is 372 g/mol. The van der Waals surface area contributed by atoms with E-state index in [1.807, 2.05) is 0 Å². The van der Waals surface area contributed by atoms with E-state index in [1.54, 1.807) is 0 Å². The predicted molar refractivity (Wildman–Crippen MR) is 70.7 cm³/mol. The van der Waals surface area contributed by atoms with Crippen LogP contribution in [0.1, 0.15) is 12.8 Å². The third-order valence-corrected chi connectivity index (χ3v) is 6.99. The lowest BCUT2D eigenvalue weighted by Crippen LogP contribution is -2.41. The highest BCUT2D eigenvalue weighted by atomic mass is 79.9. The van der Waals surface area contributed by atoms with Gasteiger partial charge in [0, 0.05) is 13.1 Å². The molecule has 8 nitrogen and oxygen atoms in total. The van der Waals surface area contributed by atoms with Crippen molar-refractivity contribution in [3.8, 4) is 0 Å². The number of hydrogen-bond donors (Lipinski definition) is 1. The predicted octanol–water partition coefficient (Wildman–Crippen LogP) is -0.567. The van der Waals surface area contributed by atoms with Crippen LogP contribution in [0.5, 0.6) is 0 Å². The molecule has 0 spiro atoms. The molecule has 19 heavy (non-hydrogen) atoms. The molecule has 0 radical (unpaired) electrons. The zero-order valence-corrected chi connectivity index (χ0v) is 13.3. The van der Waals surface area contributed by atoms with Crippen LogP contribution in [0.15, 0.2) is 9.63 Å². The summed E-state index contributed by atoms with van der Waals surface area (Å²) in [5.74, 6) is 0.00991. The number of halogens is 1. The molecular weight excluding hydrogens is 360 g/mol. The van der Waals surface area contributed by atoms with Crippen molar-refractivity contribution in [2.75, 3.05) is 11.5 Å². The largest absolute Gasteiger partial charge is 0.260 e. The molecule has 0 unspecified atom stereocenters. The highest BCUT2D eigenvalue weighted by molar-refractivity contribution is 9.10. The van der Waals surface area contributed by atoms with E-state index in [0.29, 0.717) is 0 Å². The first-order valence-electron chi connectivity index (χ1n) is 5.49. The molecule has 11 heteroatoms. The lowest BCUT2D eigenvalue weighted by atomic mass is 10.2. The van der Waals surface area contributed by atoms with Crippen LogP contribution < -0.4 is 4.72 Å². The van der Waals surface area contributed by atoms with E-state index in [4.69, 9.17) is 0 Å². The summed E-state index contributed by atoms with van der Waals surface area (Å²) in [6.45, 7) is 0. The van der Waals surface area contributed by atoms with Crippen LogP contribution in [0.25, 0.3) is 0 Å². The number of aryl methyl sites for hydroxylation is 1. The summed E-state index contributed by atoms with van der Waals surface area (Å²) in [5.41, 5.74) is 0. The minimum atomic E-state index is -3.77. The Morgan fingerprint density at radius 2 is 1.95 bits per heavy atom. The lowest BCUT2D eigenvalue weighted by molar-refractivity contribution is 0.499. The molecular formula is C8H13BrN4O4S2. The zero-order chi connectivity index (χ0) is 14.3. The minimum Gasteiger partial charge on any atom is -0.235 e. The second kappa shape index (κ2) is 5.11. The van der Waals surface area contributed by atoms with Gasteiger partial charge in [0.15, 0.2) is 4.60 Å². The summed E-state index contributed by atoms with van der Waals surface area (Å²) < 4.78 is 50.7. The normalized spacial score (nSPS) is 20.5. The quantitative estimate of drug-likeness (QED) is 0.760. The summed E-state index contributed by atoms with van der Waals surface area (Å²) in [5, 5.41) is 7.15. The number of nitrogens with one attached hydrogen (secondary N) is 1. The number of nitrogens with zero attached hydrogens (tertiary/aromatic N) is 3. The molecule has 0 aliphatic carbocycles.